The smallest absolute Gasteiger partial charge is 0.0991 e. The van der Waals surface area contributed by atoms with E-state index in [1.54, 1.807) is 0 Å². The van der Waals surface area contributed by atoms with E-state index in [2.05, 4.69) is 82.4 Å². The molecule has 1 heterocycles. The first-order valence-corrected chi connectivity index (χ1v) is 10.9. The van der Waals surface area contributed by atoms with Gasteiger partial charge in [-0.1, -0.05) is 78.9 Å². The molecule has 0 radical (unpaired) electrons. The molecule has 0 fully saturated rings. The quantitative estimate of drug-likeness (QED) is 0.323. The van der Waals surface area contributed by atoms with Gasteiger partial charge in [-0.2, -0.15) is 5.26 Å². The molecular weight excluding hydrogens is 390 g/mol. The predicted molar refractivity (Wildman–Crippen MR) is 129 cm³/mol. The largest absolute Gasteiger partial charge is 0.330 e. The Morgan fingerprint density at radius 1 is 0.750 bits per heavy atom. The molecule has 1 aromatic heterocycles. The minimum Gasteiger partial charge on any atom is -0.330 e. The molecule has 0 spiro atoms. The van der Waals surface area contributed by atoms with Crippen molar-refractivity contribution in [2.75, 3.05) is 0 Å². The van der Waals surface area contributed by atoms with Crippen LogP contribution >= 0.6 is 0 Å². The highest BCUT2D eigenvalue weighted by atomic mass is 15.0. The van der Waals surface area contributed by atoms with Crippen molar-refractivity contribution in [3.05, 3.63) is 126 Å². The van der Waals surface area contributed by atoms with Crippen LogP contribution in [0.25, 0.3) is 21.9 Å². The summed E-state index contributed by atoms with van der Waals surface area (Å²) in [7, 11) is 0. The number of aryl methyl sites for hydroxylation is 2. The van der Waals surface area contributed by atoms with E-state index in [0.29, 0.717) is 5.56 Å². The maximum atomic E-state index is 8.97. The highest BCUT2D eigenvalue weighted by Crippen LogP contribution is 2.28. The van der Waals surface area contributed by atoms with Crippen LogP contribution in [0.2, 0.25) is 0 Å². The van der Waals surface area contributed by atoms with Crippen LogP contribution in [0.1, 0.15) is 22.4 Å². The van der Waals surface area contributed by atoms with Gasteiger partial charge in [0, 0.05) is 18.4 Å². The third-order valence-electron chi connectivity index (χ3n) is 5.96. The maximum Gasteiger partial charge on any atom is 0.0991 e. The summed E-state index contributed by atoms with van der Waals surface area (Å²) in [5, 5.41) is 11.5. The SMILES string of the molecule is N#Cc1ccc(Cn2cncc2CCc2ccc(-c3cccc4ccccc34)cc2)cc1. The van der Waals surface area contributed by atoms with Gasteiger partial charge < -0.3 is 4.57 Å². The third-order valence-corrected chi connectivity index (χ3v) is 5.96. The van der Waals surface area contributed by atoms with Gasteiger partial charge in [-0.3, -0.25) is 0 Å². The number of rotatable bonds is 6. The summed E-state index contributed by atoms with van der Waals surface area (Å²) in [5.41, 5.74) is 6.91. The highest BCUT2D eigenvalue weighted by Gasteiger charge is 2.06. The number of nitriles is 1. The van der Waals surface area contributed by atoms with Crippen LogP contribution in [-0.4, -0.2) is 9.55 Å². The lowest BCUT2D eigenvalue weighted by Crippen LogP contribution is -2.04. The van der Waals surface area contributed by atoms with E-state index < -0.39 is 0 Å². The van der Waals surface area contributed by atoms with Crippen LogP contribution in [0, 0.1) is 11.3 Å². The number of nitrogens with zero attached hydrogens (tertiary/aromatic N) is 3. The van der Waals surface area contributed by atoms with Crippen molar-refractivity contribution in [2.24, 2.45) is 0 Å². The second-order valence-electron chi connectivity index (χ2n) is 8.05. The first kappa shape index (κ1) is 19.8. The fourth-order valence-corrected chi connectivity index (χ4v) is 4.18. The standard InChI is InChI=1S/C29H23N3/c30-18-23-8-10-24(11-9-23)20-32-21-31-19-27(32)17-14-22-12-15-26(16-13-22)29-7-3-5-25-4-1-2-6-28(25)29/h1-13,15-16,19,21H,14,17,20H2. The van der Waals surface area contributed by atoms with Crippen LogP contribution in [0.4, 0.5) is 0 Å². The molecule has 0 bridgehead atoms. The zero-order valence-electron chi connectivity index (χ0n) is 17.8. The van der Waals surface area contributed by atoms with Crippen molar-refractivity contribution in [3.63, 3.8) is 0 Å². The van der Waals surface area contributed by atoms with E-state index in [0.717, 1.165) is 19.4 Å². The van der Waals surface area contributed by atoms with Gasteiger partial charge in [0.25, 0.3) is 0 Å². The lowest BCUT2D eigenvalue weighted by molar-refractivity contribution is 0.729. The van der Waals surface area contributed by atoms with Crippen molar-refractivity contribution in [3.8, 4) is 17.2 Å². The number of hydrogen-bond acceptors (Lipinski definition) is 2. The average Bonchev–Trinajstić information content (AvgIpc) is 3.30. The van der Waals surface area contributed by atoms with Crippen molar-refractivity contribution >= 4 is 10.8 Å². The normalized spacial score (nSPS) is 10.8. The molecule has 4 aromatic carbocycles. The zero-order valence-corrected chi connectivity index (χ0v) is 17.8. The van der Waals surface area contributed by atoms with Crippen LogP contribution in [0.5, 0.6) is 0 Å². The third kappa shape index (κ3) is 4.17. The Labute approximate surface area is 188 Å². The number of fused-ring (bicyclic) bond motifs is 1. The molecule has 154 valence electrons. The van der Waals surface area contributed by atoms with E-state index in [1.165, 1.54) is 38.7 Å². The Balaban J connectivity index is 1.28. The van der Waals surface area contributed by atoms with Crippen LogP contribution < -0.4 is 0 Å². The number of hydrogen-bond donors (Lipinski definition) is 0. The lowest BCUT2D eigenvalue weighted by atomic mass is 9.97. The van der Waals surface area contributed by atoms with Crippen LogP contribution in [-0.2, 0) is 19.4 Å². The molecule has 5 aromatic rings. The Morgan fingerprint density at radius 3 is 2.31 bits per heavy atom. The molecule has 0 saturated carbocycles. The van der Waals surface area contributed by atoms with Gasteiger partial charge in [0.1, 0.15) is 0 Å². The van der Waals surface area contributed by atoms with Crippen LogP contribution in [0.3, 0.4) is 0 Å². The van der Waals surface area contributed by atoms with E-state index >= 15 is 0 Å². The monoisotopic (exact) mass is 413 g/mol. The summed E-state index contributed by atoms with van der Waals surface area (Å²) < 4.78 is 2.19. The maximum absolute atomic E-state index is 8.97. The fraction of sp³-hybridized carbons (Fsp3) is 0.103. The molecule has 0 aliphatic carbocycles. The van der Waals surface area contributed by atoms with E-state index in [1.807, 2.05) is 36.8 Å². The van der Waals surface area contributed by atoms with E-state index in [4.69, 9.17) is 5.26 Å². The predicted octanol–water partition coefficient (Wildman–Crippen LogP) is 6.41. The summed E-state index contributed by atoms with van der Waals surface area (Å²) in [6.07, 6.45) is 5.74. The van der Waals surface area contributed by atoms with Crippen molar-refractivity contribution in [1.82, 2.24) is 9.55 Å². The molecule has 0 atom stereocenters. The molecule has 0 amide bonds. The molecule has 3 heteroatoms. The summed E-state index contributed by atoms with van der Waals surface area (Å²) >= 11 is 0. The van der Waals surface area contributed by atoms with Crippen molar-refractivity contribution < 1.29 is 0 Å². The van der Waals surface area contributed by atoms with Gasteiger partial charge in [-0.15, -0.1) is 0 Å². The first-order valence-electron chi connectivity index (χ1n) is 10.9. The molecule has 0 unspecified atom stereocenters. The summed E-state index contributed by atoms with van der Waals surface area (Å²) in [4.78, 5) is 4.36. The van der Waals surface area contributed by atoms with Gasteiger partial charge in [0.15, 0.2) is 0 Å². The summed E-state index contributed by atoms with van der Waals surface area (Å²) in [6, 6.07) is 33.8. The van der Waals surface area contributed by atoms with Crippen molar-refractivity contribution in [2.45, 2.75) is 19.4 Å². The molecule has 0 saturated heterocycles. The Morgan fingerprint density at radius 2 is 1.50 bits per heavy atom. The molecule has 32 heavy (non-hydrogen) atoms. The molecular formula is C29H23N3. The summed E-state index contributed by atoms with van der Waals surface area (Å²) in [5.74, 6) is 0. The fourth-order valence-electron chi connectivity index (χ4n) is 4.18. The number of benzene rings is 4. The van der Waals surface area contributed by atoms with E-state index in [9.17, 15) is 0 Å². The van der Waals surface area contributed by atoms with E-state index in [-0.39, 0.29) is 0 Å². The zero-order chi connectivity index (χ0) is 21.8. The number of imidazole rings is 1. The Hall–Kier alpha value is -4.16. The Bertz CT molecular complexity index is 1380. The van der Waals surface area contributed by atoms with Gasteiger partial charge in [0.05, 0.1) is 18.0 Å². The van der Waals surface area contributed by atoms with Crippen molar-refractivity contribution in [1.29, 1.82) is 5.26 Å². The van der Waals surface area contributed by atoms with Gasteiger partial charge in [0.2, 0.25) is 0 Å². The first-order chi connectivity index (χ1) is 15.8. The lowest BCUT2D eigenvalue weighted by Gasteiger charge is -2.10. The molecule has 0 N–H and O–H groups in total. The van der Waals surface area contributed by atoms with Gasteiger partial charge in [-0.25, -0.2) is 4.98 Å². The highest BCUT2D eigenvalue weighted by molar-refractivity contribution is 5.96. The molecule has 5 rings (SSSR count). The topological polar surface area (TPSA) is 41.6 Å². The molecule has 0 aliphatic rings. The Kier molecular flexibility index (Phi) is 5.51. The minimum atomic E-state index is 0.687. The van der Waals surface area contributed by atoms with Gasteiger partial charge in [-0.05, 0) is 58.0 Å². The average molecular weight is 414 g/mol. The summed E-state index contributed by atoms with van der Waals surface area (Å²) in [6.45, 7) is 0.765. The van der Waals surface area contributed by atoms with Gasteiger partial charge >= 0.3 is 0 Å². The number of aromatic nitrogens is 2. The second kappa shape index (κ2) is 8.91. The molecule has 3 nitrogen and oxygen atoms in total. The van der Waals surface area contributed by atoms with Crippen LogP contribution in [0.15, 0.2) is 104 Å². The second-order valence-corrected chi connectivity index (χ2v) is 8.05. The molecule has 0 aliphatic heterocycles. The minimum absolute atomic E-state index is 0.687.